The largest absolute Gasteiger partial charge is 0.493 e. The smallest absolute Gasteiger partial charge is 0.254 e. The van der Waals surface area contributed by atoms with Gasteiger partial charge >= 0.3 is 0 Å². The molecule has 0 fully saturated rings. The lowest BCUT2D eigenvalue weighted by molar-refractivity contribution is -0.116. The van der Waals surface area contributed by atoms with Crippen molar-refractivity contribution in [3.05, 3.63) is 65.5 Å². The maximum Gasteiger partial charge on any atom is 0.254 e. The average molecular weight is 450 g/mol. The second kappa shape index (κ2) is 11.2. The predicted molar refractivity (Wildman–Crippen MR) is 115 cm³/mol. The normalized spacial score (nSPS) is 10.4. The summed E-state index contributed by atoms with van der Waals surface area (Å²) >= 11 is 0. The number of nitrogens with one attached hydrogen (secondary N) is 1. The van der Waals surface area contributed by atoms with Gasteiger partial charge in [-0.05, 0) is 37.1 Å². The molecule has 0 radical (unpaired) electrons. The molecule has 1 N–H and O–H groups in total. The van der Waals surface area contributed by atoms with Gasteiger partial charge in [-0.3, -0.25) is 9.59 Å². The number of carbonyl (C=O) groups is 2. The number of allylic oxidation sites excluding steroid dienone is 1. The SMILES string of the molecule is C=CCc1cc(C(=O)N(CCC)CC(=O)Nc2ccc(F)c(F)c2F)cc(OC)c1OC. The number of hydrogen-bond donors (Lipinski definition) is 1. The molecule has 32 heavy (non-hydrogen) atoms. The molecule has 0 spiro atoms. The molecule has 2 aromatic rings. The summed E-state index contributed by atoms with van der Waals surface area (Å²) in [5, 5.41) is 2.17. The van der Waals surface area contributed by atoms with E-state index in [4.69, 9.17) is 9.47 Å². The van der Waals surface area contributed by atoms with E-state index < -0.39 is 41.5 Å². The number of amides is 2. The topological polar surface area (TPSA) is 67.9 Å². The Morgan fingerprint density at radius 3 is 2.44 bits per heavy atom. The van der Waals surface area contributed by atoms with Crippen molar-refractivity contribution >= 4 is 17.5 Å². The maximum atomic E-state index is 13.9. The fourth-order valence-electron chi connectivity index (χ4n) is 3.16. The first kappa shape index (κ1) is 24.8. The summed E-state index contributed by atoms with van der Waals surface area (Å²) in [5.41, 5.74) is 0.423. The molecule has 0 saturated heterocycles. The molecule has 9 heteroatoms. The Bertz CT molecular complexity index is 1010. The van der Waals surface area contributed by atoms with Crippen LogP contribution in [0.25, 0.3) is 0 Å². The van der Waals surface area contributed by atoms with E-state index in [0.717, 1.165) is 6.07 Å². The molecular weight excluding hydrogens is 425 g/mol. The Morgan fingerprint density at radius 1 is 1.12 bits per heavy atom. The number of nitrogens with zero attached hydrogens (tertiary/aromatic N) is 1. The van der Waals surface area contributed by atoms with Crippen molar-refractivity contribution in [1.29, 1.82) is 0 Å². The zero-order valence-corrected chi connectivity index (χ0v) is 18.1. The summed E-state index contributed by atoms with van der Waals surface area (Å²) in [7, 11) is 2.93. The molecule has 2 aromatic carbocycles. The Balaban J connectivity index is 2.29. The van der Waals surface area contributed by atoms with E-state index in [2.05, 4.69) is 11.9 Å². The van der Waals surface area contributed by atoms with Gasteiger partial charge in [-0.25, -0.2) is 13.2 Å². The van der Waals surface area contributed by atoms with Gasteiger partial charge in [0.05, 0.1) is 19.9 Å². The van der Waals surface area contributed by atoms with E-state index >= 15 is 0 Å². The van der Waals surface area contributed by atoms with Crippen LogP contribution in [-0.2, 0) is 11.2 Å². The molecule has 0 bridgehead atoms. The van der Waals surface area contributed by atoms with Crippen LogP contribution in [0, 0.1) is 17.5 Å². The van der Waals surface area contributed by atoms with Crippen LogP contribution in [0.3, 0.4) is 0 Å². The fourth-order valence-corrected chi connectivity index (χ4v) is 3.16. The van der Waals surface area contributed by atoms with Crippen molar-refractivity contribution in [2.24, 2.45) is 0 Å². The molecule has 0 aromatic heterocycles. The molecule has 172 valence electrons. The van der Waals surface area contributed by atoms with Gasteiger partial charge in [0.2, 0.25) is 5.91 Å². The number of halogens is 3. The van der Waals surface area contributed by atoms with Gasteiger partial charge in [0.15, 0.2) is 29.0 Å². The molecule has 0 aliphatic rings. The monoisotopic (exact) mass is 450 g/mol. The van der Waals surface area contributed by atoms with Crippen LogP contribution in [0.1, 0.15) is 29.3 Å². The van der Waals surface area contributed by atoms with Crippen LogP contribution in [-0.4, -0.2) is 44.0 Å². The highest BCUT2D eigenvalue weighted by atomic mass is 19.2. The standard InChI is InChI=1S/C23H25F3N2O4/c1-5-7-14-11-15(12-18(31-3)22(14)32-4)23(30)28(10-6-2)13-19(29)27-17-9-8-16(24)20(25)21(17)26/h5,8-9,11-12H,1,6-7,10,13H2,2-4H3,(H,27,29). The average Bonchev–Trinajstić information content (AvgIpc) is 2.78. The molecule has 2 rings (SSSR count). The minimum Gasteiger partial charge on any atom is -0.493 e. The molecule has 0 aliphatic heterocycles. The van der Waals surface area contributed by atoms with Crippen molar-refractivity contribution in [1.82, 2.24) is 4.90 Å². The van der Waals surface area contributed by atoms with E-state index in [-0.39, 0.29) is 12.1 Å². The lowest BCUT2D eigenvalue weighted by atomic mass is 10.0. The number of ether oxygens (including phenoxy) is 2. The van der Waals surface area contributed by atoms with Gasteiger partial charge in [-0.1, -0.05) is 13.0 Å². The third-order valence-electron chi connectivity index (χ3n) is 4.59. The molecule has 0 unspecified atom stereocenters. The summed E-state index contributed by atoms with van der Waals surface area (Å²) in [6.07, 6.45) is 2.62. The first-order valence-corrected chi connectivity index (χ1v) is 9.85. The van der Waals surface area contributed by atoms with Gasteiger partial charge < -0.3 is 19.7 Å². The lowest BCUT2D eigenvalue weighted by Gasteiger charge is -2.23. The van der Waals surface area contributed by atoms with E-state index in [1.807, 2.05) is 6.92 Å². The van der Waals surface area contributed by atoms with Gasteiger partial charge in [0.1, 0.15) is 6.54 Å². The number of anilines is 1. The Morgan fingerprint density at radius 2 is 1.84 bits per heavy atom. The highest BCUT2D eigenvalue weighted by Gasteiger charge is 2.23. The Hall–Kier alpha value is -3.49. The number of rotatable bonds is 10. The van der Waals surface area contributed by atoms with Gasteiger partial charge in [0, 0.05) is 17.7 Å². The molecular formula is C23H25F3N2O4. The zero-order chi connectivity index (χ0) is 23.8. The van der Waals surface area contributed by atoms with Crippen LogP contribution >= 0.6 is 0 Å². The van der Waals surface area contributed by atoms with Crippen LogP contribution in [0.2, 0.25) is 0 Å². The Kier molecular flexibility index (Phi) is 8.69. The van der Waals surface area contributed by atoms with Crippen molar-refractivity contribution in [2.45, 2.75) is 19.8 Å². The predicted octanol–water partition coefficient (Wildman–Crippen LogP) is 4.34. The second-order valence-corrected chi connectivity index (χ2v) is 6.86. The zero-order valence-electron chi connectivity index (χ0n) is 18.1. The lowest BCUT2D eigenvalue weighted by Crippen LogP contribution is -2.38. The molecule has 0 atom stereocenters. The van der Waals surface area contributed by atoms with Gasteiger partial charge in [-0.2, -0.15) is 0 Å². The summed E-state index contributed by atoms with van der Waals surface area (Å²) < 4.78 is 51.1. The second-order valence-electron chi connectivity index (χ2n) is 6.86. The van der Waals surface area contributed by atoms with Gasteiger partial charge in [-0.15, -0.1) is 6.58 Å². The van der Waals surface area contributed by atoms with Crippen molar-refractivity contribution in [3.8, 4) is 11.5 Å². The van der Waals surface area contributed by atoms with Crippen LogP contribution < -0.4 is 14.8 Å². The van der Waals surface area contributed by atoms with E-state index in [1.165, 1.54) is 25.2 Å². The molecule has 6 nitrogen and oxygen atoms in total. The van der Waals surface area contributed by atoms with E-state index in [9.17, 15) is 22.8 Å². The van der Waals surface area contributed by atoms with Gasteiger partial charge in [0.25, 0.3) is 5.91 Å². The number of carbonyl (C=O) groups excluding carboxylic acids is 2. The number of methoxy groups -OCH3 is 2. The van der Waals surface area contributed by atoms with Crippen molar-refractivity contribution in [2.75, 3.05) is 32.6 Å². The van der Waals surface area contributed by atoms with E-state index in [1.54, 1.807) is 12.1 Å². The number of benzene rings is 2. The molecule has 0 saturated carbocycles. The highest BCUT2D eigenvalue weighted by molar-refractivity contribution is 6.00. The third kappa shape index (κ3) is 5.60. The van der Waals surface area contributed by atoms with E-state index in [0.29, 0.717) is 36.0 Å². The minimum atomic E-state index is -1.69. The Labute approximate surface area is 184 Å². The summed E-state index contributed by atoms with van der Waals surface area (Å²) in [6.45, 7) is 5.34. The summed E-state index contributed by atoms with van der Waals surface area (Å²) in [5.74, 6) is -4.97. The molecule has 2 amide bonds. The fraction of sp³-hybridized carbons (Fsp3) is 0.304. The molecule has 0 aliphatic carbocycles. The van der Waals surface area contributed by atoms with Crippen LogP contribution in [0.5, 0.6) is 11.5 Å². The minimum absolute atomic E-state index is 0.234. The number of hydrogen-bond acceptors (Lipinski definition) is 4. The first-order valence-electron chi connectivity index (χ1n) is 9.85. The maximum absolute atomic E-state index is 13.9. The first-order chi connectivity index (χ1) is 15.3. The quantitative estimate of drug-likeness (QED) is 0.432. The molecule has 0 heterocycles. The third-order valence-corrected chi connectivity index (χ3v) is 4.59. The summed E-state index contributed by atoms with van der Waals surface area (Å²) in [6, 6.07) is 4.74. The van der Waals surface area contributed by atoms with Crippen LogP contribution in [0.4, 0.5) is 18.9 Å². The van der Waals surface area contributed by atoms with Crippen molar-refractivity contribution < 1.29 is 32.2 Å². The summed E-state index contributed by atoms with van der Waals surface area (Å²) in [4.78, 5) is 26.9. The van der Waals surface area contributed by atoms with Crippen molar-refractivity contribution in [3.63, 3.8) is 0 Å². The van der Waals surface area contributed by atoms with Crippen LogP contribution in [0.15, 0.2) is 36.9 Å². The highest BCUT2D eigenvalue weighted by Crippen LogP contribution is 2.33.